The third kappa shape index (κ3) is 4.23. The Kier molecular flexibility index (Phi) is 5.97. The number of rotatable bonds is 6. The molecule has 0 atom stereocenters. The van der Waals surface area contributed by atoms with E-state index in [4.69, 9.17) is 40.4 Å². The van der Waals surface area contributed by atoms with Crippen molar-refractivity contribution in [2.75, 3.05) is 29.1 Å². The van der Waals surface area contributed by atoms with Gasteiger partial charge in [0.05, 0.1) is 27.8 Å². The van der Waals surface area contributed by atoms with Crippen molar-refractivity contribution in [1.82, 2.24) is 24.5 Å². The highest BCUT2D eigenvalue weighted by Gasteiger charge is 2.15. The first kappa shape index (κ1) is 21.6. The standard InChI is InChI=1S/C20H19Cl2N9O/c21-11-3-1-4-12-15(11)19(32)31(10-6-7-13(23)27-9-10)14(28-12)5-2-8-26-18-16(22)17(24)29-20(25)30-18/h1,3-4,6-7,9H,2,5,8H2,(H2,23,27)(H5,24,25,26,29,30). The largest absolute Gasteiger partial charge is 0.384 e. The first-order chi connectivity index (χ1) is 15.3. The fourth-order valence-electron chi connectivity index (χ4n) is 3.25. The average Bonchev–Trinajstić information content (AvgIpc) is 2.75. The zero-order valence-electron chi connectivity index (χ0n) is 16.7. The molecule has 32 heavy (non-hydrogen) atoms. The number of hydrogen-bond acceptors (Lipinski definition) is 9. The summed E-state index contributed by atoms with van der Waals surface area (Å²) in [5.74, 6) is 1.35. The lowest BCUT2D eigenvalue weighted by atomic mass is 10.2. The first-order valence-corrected chi connectivity index (χ1v) is 10.3. The number of nitrogen functional groups attached to an aromatic ring is 3. The van der Waals surface area contributed by atoms with Crippen LogP contribution in [0.15, 0.2) is 41.3 Å². The molecule has 0 saturated carbocycles. The van der Waals surface area contributed by atoms with Crippen LogP contribution in [-0.2, 0) is 6.42 Å². The molecule has 3 heterocycles. The van der Waals surface area contributed by atoms with E-state index in [1.165, 1.54) is 10.8 Å². The van der Waals surface area contributed by atoms with Gasteiger partial charge in [-0.25, -0.2) is 9.97 Å². The van der Waals surface area contributed by atoms with Crippen LogP contribution in [0, 0.1) is 0 Å². The number of fused-ring (bicyclic) bond motifs is 1. The van der Waals surface area contributed by atoms with Gasteiger partial charge in [0.1, 0.15) is 22.5 Å². The van der Waals surface area contributed by atoms with E-state index >= 15 is 0 Å². The maximum atomic E-state index is 13.3. The van der Waals surface area contributed by atoms with Crippen LogP contribution in [0.4, 0.5) is 23.4 Å². The lowest BCUT2D eigenvalue weighted by Gasteiger charge is -2.14. The van der Waals surface area contributed by atoms with Crippen LogP contribution >= 0.6 is 23.2 Å². The van der Waals surface area contributed by atoms with Crippen molar-refractivity contribution < 1.29 is 0 Å². The van der Waals surface area contributed by atoms with E-state index in [1.54, 1.807) is 30.3 Å². The molecule has 0 bridgehead atoms. The molecule has 7 N–H and O–H groups in total. The van der Waals surface area contributed by atoms with Crippen LogP contribution in [0.2, 0.25) is 10.0 Å². The molecule has 10 nitrogen and oxygen atoms in total. The number of nitrogens with zero attached hydrogens (tertiary/aromatic N) is 5. The van der Waals surface area contributed by atoms with E-state index in [0.29, 0.717) is 58.5 Å². The molecule has 0 aliphatic rings. The number of nitrogens with one attached hydrogen (secondary N) is 1. The smallest absolute Gasteiger partial charge is 0.267 e. The molecule has 0 aliphatic heterocycles. The van der Waals surface area contributed by atoms with E-state index in [0.717, 1.165) is 0 Å². The van der Waals surface area contributed by atoms with Gasteiger partial charge in [-0.2, -0.15) is 9.97 Å². The molecule has 164 valence electrons. The van der Waals surface area contributed by atoms with Gasteiger partial charge in [0.25, 0.3) is 5.56 Å². The molecule has 0 unspecified atom stereocenters. The zero-order valence-corrected chi connectivity index (χ0v) is 18.2. The second kappa shape index (κ2) is 8.85. The summed E-state index contributed by atoms with van der Waals surface area (Å²) in [5.41, 5.74) is 17.8. The molecule has 0 amide bonds. The normalized spacial score (nSPS) is 11.1. The van der Waals surface area contributed by atoms with Crippen LogP contribution in [0.1, 0.15) is 12.2 Å². The van der Waals surface area contributed by atoms with E-state index < -0.39 is 0 Å². The Balaban J connectivity index is 1.65. The third-order valence-electron chi connectivity index (χ3n) is 4.71. The van der Waals surface area contributed by atoms with Crippen molar-refractivity contribution in [2.24, 2.45) is 0 Å². The van der Waals surface area contributed by atoms with Crippen LogP contribution in [0.3, 0.4) is 0 Å². The van der Waals surface area contributed by atoms with E-state index in [1.807, 2.05) is 0 Å². The highest BCUT2D eigenvalue weighted by Crippen LogP contribution is 2.25. The summed E-state index contributed by atoms with van der Waals surface area (Å²) in [5, 5.41) is 3.95. The fraction of sp³-hybridized carbons (Fsp3) is 0.150. The van der Waals surface area contributed by atoms with Crippen molar-refractivity contribution in [1.29, 1.82) is 0 Å². The van der Waals surface area contributed by atoms with Crippen LogP contribution < -0.4 is 28.1 Å². The van der Waals surface area contributed by atoms with Gasteiger partial charge in [-0.3, -0.25) is 9.36 Å². The van der Waals surface area contributed by atoms with Gasteiger partial charge in [0, 0.05) is 13.0 Å². The Morgan fingerprint density at radius 3 is 2.59 bits per heavy atom. The van der Waals surface area contributed by atoms with Crippen LogP contribution in [0.25, 0.3) is 16.6 Å². The minimum absolute atomic E-state index is 0.0205. The summed E-state index contributed by atoms with van der Waals surface area (Å²) >= 11 is 12.4. The Bertz CT molecular complexity index is 1360. The highest BCUT2D eigenvalue weighted by atomic mass is 35.5. The van der Waals surface area contributed by atoms with Crippen molar-refractivity contribution in [3.8, 4) is 5.69 Å². The second-order valence-electron chi connectivity index (χ2n) is 6.90. The SMILES string of the molecule is Nc1ccc(-n2c(CCCNc3nc(N)nc(N)c3Cl)nc3cccc(Cl)c3c2=O)cn1. The average molecular weight is 472 g/mol. The summed E-state index contributed by atoms with van der Waals surface area (Å²) in [6.45, 7) is 0.471. The number of nitrogens with two attached hydrogens (primary N) is 3. The van der Waals surface area contributed by atoms with Gasteiger partial charge < -0.3 is 22.5 Å². The summed E-state index contributed by atoms with van der Waals surface area (Å²) in [6, 6.07) is 8.49. The number of aryl methyl sites for hydroxylation is 1. The number of aromatic nitrogens is 5. The molecule has 0 spiro atoms. The van der Waals surface area contributed by atoms with Crippen molar-refractivity contribution >= 4 is 57.5 Å². The maximum Gasteiger partial charge on any atom is 0.267 e. The monoisotopic (exact) mass is 471 g/mol. The topological polar surface area (TPSA) is 164 Å². The van der Waals surface area contributed by atoms with E-state index in [-0.39, 0.29) is 22.3 Å². The van der Waals surface area contributed by atoms with Crippen LogP contribution in [0.5, 0.6) is 0 Å². The van der Waals surface area contributed by atoms with Gasteiger partial charge in [-0.15, -0.1) is 0 Å². The molecule has 0 aliphatic carbocycles. The van der Waals surface area contributed by atoms with Gasteiger partial charge in [-0.1, -0.05) is 29.3 Å². The Hall–Kier alpha value is -3.63. The van der Waals surface area contributed by atoms with Gasteiger partial charge in [0.15, 0.2) is 5.82 Å². The molecule has 3 aromatic heterocycles. The maximum absolute atomic E-state index is 13.3. The molecule has 0 radical (unpaired) electrons. The van der Waals surface area contributed by atoms with Crippen molar-refractivity contribution in [2.45, 2.75) is 12.8 Å². The Labute approximate surface area is 192 Å². The summed E-state index contributed by atoms with van der Waals surface area (Å²) in [4.78, 5) is 30.0. The molecule has 12 heteroatoms. The summed E-state index contributed by atoms with van der Waals surface area (Å²) in [6.07, 6.45) is 2.58. The minimum atomic E-state index is -0.283. The molecular weight excluding hydrogens is 453 g/mol. The molecule has 4 aromatic rings. The Morgan fingerprint density at radius 1 is 1.03 bits per heavy atom. The predicted molar refractivity (Wildman–Crippen MR) is 127 cm³/mol. The lowest BCUT2D eigenvalue weighted by molar-refractivity contribution is 0.752. The van der Waals surface area contributed by atoms with E-state index in [2.05, 4.69) is 25.3 Å². The van der Waals surface area contributed by atoms with Gasteiger partial charge in [-0.05, 0) is 30.7 Å². The quantitative estimate of drug-likeness (QED) is 0.309. The third-order valence-corrected chi connectivity index (χ3v) is 5.40. The molecular formula is C20H19Cl2N9O. The van der Waals surface area contributed by atoms with Crippen LogP contribution in [-0.4, -0.2) is 31.0 Å². The zero-order chi connectivity index (χ0) is 22.8. The number of hydrogen-bond donors (Lipinski definition) is 4. The number of halogens is 2. The van der Waals surface area contributed by atoms with Crippen molar-refractivity contribution in [3.05, 3.63) is 62.8 Å². The molecule has 1 aromatic carbocycles. The number of pyridine rings is 1. The van der Waals surface area contributed by atoms with Crippen molar-refractivity contribution in [3.63, 3.8) is 0 Å². The lowest BCUT2D eigenvalue weighted by Crippen LogP contribution is -2.25. The number of benzene rings is 1. The van der Waals surface area contributed by atoms with Gasteiger partial charge in [0.2, 0.25) is 5.95 Å². The molecule has 0 saturated heterocycles. The summed E-state index contributed by atoms with van der Waals surface area (Å²) in [7, 11) is 0. The predicted octanol–water partition coefficient (Wildman–Crippen LogP) is 2.67. The Morgan fingerprint density at radius 2 is 1.84 bits per heavy atom. The number of anilines is 4. The van der Waals surface area contributed by atoms with Gasteiger partial charge >= 0.3 is 0 Å². The first-order valence-electron chi connectivity index (χ1n) is 9.59. The molecule has 4 rings (SSSR count). The van der Waals surface area contributed by atoms with E-state index in [9.17, 15) is 4.79 Å². The fourth-order valence-corrected chi connectivity index (χ4v) is 3.65. The second-order valence-corrected chi connectivity index (χ2v) is 7.69. The minimum Gasteiger partial charge on any atom is -0.384 e. The highest BCUT2D eigenvalue weighted by molar-refractivity contribution is 6.35. The molecule has 0 fully saturated rings. The summed E-state index contributed by atoms with van der Waals surface area (Å²) < 4.78 is 1.49.